The maximum atomic E-state index is 15.9. The Morgan fingerprint density at radius 3 is 2.34 bits per heavy atom. The normalized spacial score (nSPS) is 37.9. The lowest BCUT2D eigenvalue weighted by molar-refractivity contribution is -0.186. The van der Waals surface area contributed by atoms with Gasteiger partial charge in [-0.3, -0.25) is 9.59 Å². The highest BCUT2D eigenvalue weighted by molar-refractivity contribution is 6.07. The van der Waals surface area contributed by atoms with Gasteiger partial charge in [0.25, 0.3) is 5.67 Å². The van der Waals surface area contributed by atoms with Crippen LogP contribution in [0, 0.1) is 23.7 Å². The Morgan fingerprint density at radius 1 is 1.09 bits per heavy atom. The number of fused-ring (bicyclic) bond motifs is 5. The number of aliphatic imine (C=N–C) groups is 1. The van der Waals surface area contributed by atoms with Crippen LogP contribution in [0.25, 0.3) is 0 Å². The first kappa shape index (κ1) is 35.5. The summed E-state index contributed by atoms with van der Waals surface area (Å²) in [6.45, 7) is 13.2. The molecule has 0 saturated carbocycles. The highest BCUT2D eigenvalue weighted by Crippen LogP contribution is 2.41. The Kier molecular flexibility index (Phi) is 11.6. The maximum absolute atomic E-state index is 15.9. The molecule has 0 aliphatic carbocycles. The lowest BCUT2D eigenvalue weighted by Crippen LogP contribution is -2.55. The quantitative estimate of drug-likeness (QED) is 0.257. The SMILES string of the molecule is CC[C@H]1OC(=O)[C@@](C)(F)C(=O)[C@H](C)C[C@@]2(C)C[C@@H](C)/C(=N\C(C)=O)[C@H](C)[C@@H](CC/C(=N\OCc3ccccc3)CO2)[C@]1(C)O. The summed E-state index contributed by atoms with van der Waals surface area (Å²) in [5.74, 6) is -4.88. The first-order chi connectivity index (χ1) is 20.5. The second-order valence-electron chi connectivity index (χ2n) is 13.3. The fraction of sp³-hybridized carbons (Fsp3) is 0.676. The fourth-order valence-corrected chi connectivity index (χ4v) is 6.94. The zero-order valence-corrected chi connectivity index (χ0v) is 27.4. The Hall–Kier alpha value is -2.98. The van der Waals surface area contributed by atoms with Crippen molar-refractivity contribution in [3.8, 4) is 0 Å². The number of alkyl halides is 1. The molecule has 8 atom stereocenters. The second kappa shape index (κ2) is 14.4. The molecule has 2 bridgehead atoms. The standard InChI is InChI=1S/C34H49FN2O7/c1-9-28-34(8,41)27-16-15-26(37-43-19-25-13-11-10-12-14-25)20-42-32(6,17-21(2)29(23(27)4)36-24(5)38)18-22(3)30(39)33(7,35)31(40)44-28/h10-14,21-23,27-28,41H,9,15-20H2,1-8H3/b36-29+,37-26+/t21-,22-,23-,27-,28-,32-,33+,34+/m1/s1. The van der Waals surface area contributed by atoms with Crippen molar-refractivity contribution in [3.63, 3.8) is 0 Å². The summed E-state index contributed by atoms with van der Waals surface area (Å²) in [5, 5.41) is 16.6. The summed E-state index contributed by atoms with van der Waals surface area (Å²) in [5.41, 5.74) is -3.48. The number of hydrogen-bond donors (Lipinski definition) is 1. The number of Topliss-reactive ketones (excluding diaryl/α,β-unsaturated/α-hetero) is 1. The molecule has 1 N–H and O–H groups in total. The third-order valence-electron chi connectivity index (χ3n) is 9.25. The van der Waals surface area contributed by atoms with Gasteiger partial charge in [0.1, 0.15) is 18.3 Å². The van der Waals surface area contributed by atoms with Gasteiger partial charge in [-0.05, 0) is 70.3 Å². The summed E-state index contributed by atoms with van der Waals surface area (Å²) in [7, 11) is 0. The van der Waals surface area contributed by atoms with Gasteiger partial charge in [0.2, 0.25) is 5.91 Å². The molecule has 1 aromatic carbocycles. The predicted octanol–water partition coefficient (Wildman–Crippen LogP) is 5.80. The number of ether oxygens (including phenoxy) is 2. The highest BCUT2D eigenvalue weighted by Gasteiger charge is 2.52. The van der Waals surface area contributed by atoms with Gasteiger partial charge in [0, 0.05) is 24.5 Å². The molecule has 9 nitrogen and oxygen atoms in total. The minimum atomic E-state index is -2.92. The Morgan fingerprint density at radius 2 is 1.73 bits per heavy atom. The van der Waals surface area contributed by atoms with Crippen molar-refractivity contribution >= 4 is 29.1 Å². The Bertz CT molecular complexity index is 1250. The number of carbonyl (C=O) groups excluding carboxylic acids is 3. The molecule has 44 heavy (non-hydrogen) atoms. The molecule has 3 rings (SSSR count). The van der Waals surface area contributed by atoms with Crippen LogP contribution in [0.2, 0.25) is 0 Å². The first-order valence-electron chi connectivity index (χ1n) is 15.6. The third-order valence-corrected chi connectivity index (χ3v) is 9.25. The fourth-order valence-electron chi connectivity index (χ4n) is 6.94. The van der Waals surface area contributed by atoms with Crippen molar-refractivity contribution in [1.82, 2.24) is 0 Å². The lowest BCUT2D eigenvalue weighted by Gasteiger charge is -2.43. The molecule has 1 amide bonds. The van der Waals surface area contributed by atoms with Gasteiger partial charge >= 0.3 is 5.97 Å². The zero-order chi connectivity index (χ0) is 32.9. The molecule has 0 radical (unpaired) electrons. The molecule has 0 unspecified atom stereocenters. The summed E-state index contributed by atoms with van der Waals surface area (Å²) in [6, 6.07) is 9.61. The van der Waals surface area contributed by atoms with Crippen LogP contribution in [-0.4, -0.2) is 63.8 Å². The number of esters is 1. The van der Waals surface area contributed by atoms with E-state index in [-0.39, 0.29) is 37.9 Å². The van der Waals surface area contributed by atoms with Gasteiger partial charge in [-0.15, -0.1) is 0 Å². The van der Waals surface area contributed by atoms with Crippen molar-refractivity contribution in [2.24, 2.45) is 33.8 Å². The second-order valence-corrected chi connectivity index (χ2v) is 13.3. The number of nitrogens with zero attached hydrogens (tertiary/aromatic N) is 2. The molecule has 1 aromatic rings. The molecular formula is C34H49FN2O7. The summed E-state index contributed by atoms with van der Waals surface area (Å²) in [6.07, 6.45) is 0.177. The molecule has 2 saturated heterocycles. The smallest absolute Gasteiger partial charge is 0.351 e. The first-order valence-corrected chi connectivity index (χ1v) is 15.6. The molecular weight excluding hydrogens is 567 g/mol. The molecule has 2 fully saturated rings. The van der Waals surface area contributed by atoms with E-state index in [4.69, 9.17) is 14.3 Å². The molecule has 244 valence electrons. The van der Waals surface area contributed by atoms with E-state index < -0.39 is 52.5 Å². The number of carbonyl (C=O) groups is 3. The van der Waals surface area contributed by atoms with E-state index in [0.29, 0.717) is 30.7 Å². The van der Waals surface area contributed by atoms with Crippen molar-refractivity contribution in [2.45, 2.75) is 117 Å². The molecule has 0 spiro atoms. The van der Waals surface area contributed by atoms with Crippen LogP contribution in [0.4, 0.5) is 4.39 Å². The van der Waals surface area contributed by atoms with Crippen molar-refractivity contribution < 1.29 is 38.2 Å². The van der Waals surface area contributed by atoms with Crippen LogP contribution < -0.4 is 0 Å². The van der Waals surface area contributed by atoms with Gasteiger partial charge in [-0.1, -0.05) is 63.2 Å². The third kappa shape index (κ3) is 8.38. The van der Waals surface area contributed by atoms with E-state index in [0.717, 1.165) is 12.5 Å². The molecule has 10 heteroatoms. The van der Waals surface area contributed by atoms with Crippen molar-refractivity contribution in [2.75, 3.05) is 6.61 Å². The van der Waals surface area contributed by atoms with E-state index in [2.05, 4.69) is 10.1 Å². The van der Waals surface area contributed by atoms with Crippen LogP contribution in [-0.2, 0) is 35.3 Å². The number of hydrogen-bond acceptors (Lipinski definition) is 8. The average molecular weight is 617 g/mol. The maximum Gasteiger partial charge on any atom is 0.351 e. The molecule has 0 aromatic heterocycles. The number of amides is 1. The number of rotatable bonds is 4. The van der Waals surface area contributed by atoms with Crippen LogP contribution in [0.3, 0.4) is 0 Å². The minimum absolute atomic E-state index is 0.0703. The monoisotopic (exact) mass is 616 g/mol. The van der Waals surface area contributed by atoms with Crippen molar-refractivity contribution in [1.29, 1.82) is 0 Å². The number of benzene rings is 1. The van der Waals surface area contributed by atoms with E-state index in [1.165, 1.54) is 6.92 Å². The van der Waals surface area contributed by atoms with E-state index in [1.807, 2.05) is 51.1 Å². The molecule has 2 heterocycles. The Labute approximate surface area is 260 Å². The van der Waals surface area contributed by atoms with Gasteiger partial charge in [0.05, 0.1) is 17.9 Å². The van der Waals surface area contributed by atoms with E-state index >= 15 is 4.39 Å². The van der Waals surface area contributed by atoms with Gasteiger partial charge in [0.15, 0.2) is 5.78 Å². The van der Waals surface area contributed by atoms with Gasteiger partial charge in [-0.2, -0.15) is 0 Å². The largest absolute Gasteiger partial charge is 0.457 e. The topological polar surface area (TPSA) is 124 Å². The van der Waals surface area contributed by atoms with Gasteiger partial charge in [-0.25, -0.2) is 14.2 Å². The predicted molar refractivity (Wildman–Crippen MR) is 166 cm³/mol. The summed E-state index contributed by atoms with van der Waals surface area (Å²) < 4.78 is 28.1. The van der Waals surface area contributed by atoms with E-state index in [9.17, 15) is 19.5 Å². The molecule has 2 aliphatic rings. The van der Waals surface area contributed by atoms with E-state index in [1.54, 1.807) is 20.8 Å². The minimum Gasteiger partial charge on any atom is -0.457 e. The van der Waals surface area contributed by atoms with Crippen molar-refractivity contribution in [3.05, 3.63) is 35.9 Å². The number of aliphatic hydroxyl groups is 1. The summed E-state index contributed by atoms with van der Waals surface area (Å²) >= 11 is 0. The lowest BCUT2D eigenvalue weighted by atomic mass is 9.69. The Balaban J connectivity index is 2.19. The number of halogens is 1. The van der Waals surface area contributed by atoms with Crippen LogP contribution in [0.5, 0.6) is 0 Å². The number of oxime groups is 1. The van der Waals surface area contributed by atoms with Crippen LogP contribution >= 0.6 is 0 Å². The average Bonchev–Trinajstić information content (AvgIpc) is 2.96. The zero-order valence-electron chi connectivity index (χ0n) is 27.4. The summed E-state index contributed by atoms with van der Waals surface area (Å²) in [4.78, 5) is 49.2. The number of cyclic esters (lactones) is 1. The highest BCUT2D eigenvalue weighted by atomic mass is 19.1. The van der Waals surface area contributed by atoms with Crippen LogP contribution in [0.15, 0.2) is 40.5 Å². The number of ketones is 1. The van der Waals surface area contributed by atoms with Crippen LogP contribution in [0.1, 0.15) is 93.1 Å². The van der Waals surface area contributed by atoms with Gasteiger partial charge < -0.3 is 19.4 Å². The molecule has 2 aliphatic heterocycles.